The van der Waals surface area contributed by atoms with Gasteiger partial charge in [-0.25, -0.2) is 4.68 Å². The van der Waals surface area contributed by atoms with Crippen LogP contribution < -0.4 is 0 Å². The molecule has 1 aromatic heterocycles. The Bertz CT molecular complexity index is 954. The highest BCUT2D eigenvalue weighted by atomic mass is 15.3. The highest BCUT2D eigenvalue weighted by Gasteiger charge is 2.20. The van der Waals surface area contributed by atoms with Crippen LogP contribution in [-0.4, -0.2) is 9.78 Å². The molecule has 2 aromatic carbocycles. The van der Waals surface area contributed by atoms with Crippen LogP contribution in [0.2, 0.25) is 0 Å². The second-order valence-electron chi connectivity index (χ2n) is 5.34. The first-order valence-electron chi connectivity index (χ1n) is 7.22. The molecule has 0 spiro atoms. The lowest BCUT2D eigenvalue weighted by atomic mass is 10.1. The normalized spacial score (nSPS) is 10.1. The van der Waals surface area contributed by atoms with Crippen LogP contribution in [0.25, 0.3) is 16.9 Å². The van der Waals surface area contributed by atoms with Crippen molar-refractivity contribution in [1.29, 1.82) is 10.5 Å². The quantitative estimate of drug-likeness (QED) is 0.720. The van der Waals surface area contributed by atoms with Gasteiger partial charge < -0.3 is 0 Å². The molecule has 0 N–H and O–H groups in total. The first kappa shape index (κ1) is 14.6. The average Bonchev–Trinajstić information content (AvgIpc) is 2.96. The number of nitriles is 2. The smallest absolute Gasteiger partial charge is 0.181 e. The van der Waals surface area contributed by atoms with Crippen molar-refractivity contribution in [2.75, 3.05) is 0 Å². The van der Waals surface area contributed by atoms with Crippen molar-refractivity contribution >= 4 is 0 Å². The molecule has 0 aliphatic rings. The second-order valence-corrected chi connectivity index (χ2v) is 5.34. The summed E-state index contributed by atoms with van der Waals surface area (Å²) in [5.41, 5.74) is 5.10. The van der Waals surface area contributed by atoms with Crippen LogP contribution in [0.1, 0.15) is 22.4 Å². The summed E-state index contributed by atoms with van der Waals surface area (Å²) in [6, 6.07) is 19.7. The number of rotatable bonds is 2. The first-order valence-corrected chi connectivity index (χ1v) is 7.22. The molecule has 0 amide bonds. The van der Waals surface area contributed by atoms with Gasteiger partial charge in [0, 0.05) is 5.56 Å². The van der Waals surface area contributed by atoms with E-state index in [1.54, 1.807) is 4.68 Å². The van der Waals surface area contributed by atoms with E-state index in [-0.39, 0.29) is 5.69 Å². The zero-order chi connectivity index (χ0) is 16.4. The molecule has 0 radical (unpaired) electrons. The zero-order valence-corrected chi connectivity index (χ0v) is 12.9. The molecular weight excluding hydrogens is 284 g/mol. The van der Waals surface area contributed by atoms with Crippen LogP contribution in [0.5, 0.6) is 0 Å². The first-order chi connectivity index (χ1) is 11.2. The molecule has 110 valence electrons. The minimum atomic E-state index is 0.143. The monoisotopic (exact) mass is 298 g/mol. The maximum Gasteiger partial charge on any atom is 0.181 e. The minimum absolute atomic E-state index is 0.143. The minimum Gasteiger partial charge on any atom is -0.230 e. The Labute approximate surface area is 134 Å². The number of hydrogen-bond donors (Lipinski definition) is 0. The van der Waals surface area contributed by atoms with Gasteiger partial charge in [0.1, 0.15) is 17.7 Å². The predicted octanol–water partition coefficient (Wildman–Crippen LogP) is 3.90. The molecule has 0 saturated carbocycles. The number of aromatic nitrogens is 2. The van der Waals surface area contributed by atoms with E-state index in [1.165, 1.54) is 5.56 Å². The molecule has 4 nitrogen and oxygen atoms in total. The van der Waals surface area contributed by atoms with Gasteiger partial charge in [0.05, 0.1) is 11.4 Å². The molecule has 3 aromatic rings. The molecule has 23 heavy (non-hydrogen) atoms. The Balaban J connectivity index is 2.33. The summed E-state index contributed by atoms with van der Waals surface area (Å²) in [6.45, 7) is 4.07. The summed E-state index contributed by atoms with van der Waals surface area (Å²) in [5.74, 6) is 0. The van der Waals surface area contributed by atoms with E-state index in [1.807, 2.05) is 68.4 Å². The summed E-state index contributed by atoms with van der Waals surface area (Å²) in [5, 5.41) is 23.1. The second kappa shape index (κ2) is 5.79. The SMILES string of the molecule is Cc1ccc(-n2nc(C#N)c(C#N)c2-c2ccccc2)cc1C. The van der Waals surface area contributed by atoms with Crippen LogP contribution in [0, 0.1) is 36.5 Å². The van der Waals surface area contributed by atoms with Crippen molar-refractivity contribution in [2.45, 2.75) is 13.8 Å². The number of hydrogen-bond acceptors (Lipinski definition) is 3. The van der Waals surface area contributed by atoms with Crippen molar-refractivity contribution in [3.8, 4) is 29.1 Å². The van der Waals surface area contributed by atoms with E-state index in [0.717, 1.165) is 16.8 Å². The fraction of sp³-hybridized carbons (Fsp3) is 0.105. The molecule has 0 unspecified atom stereocenters. The summed E-state index contributed by atoms with van der Waals surface area (Å²) >= 11 is 0. The van der Waals surface area contributed by atoms with Gasteiger partial charge in [-0.15, -0.1) is 0 Å². The Kier molecular flexibility index (Phi) is 3.66. The van der Waals surface area contributed by atoms with E-state index >= 15 is 0 Å². The van der Waals surface area contributed by atoms with Gasteiger partial charge >= 0.3 is 0 Å². The maximum atomic E-state index is 9.50. The highest BCUT2D eigenvalue weighted by Crippen LogP contribution is 2.29. The van der Waals surface area contributed by atoms with Gasteiger partial charge in [-0.05, 0) is 37.1 Å². The number of nitrogens with zero attached hydrogens (tertiary/aromatic N) is 4. The van der Waals surface area contributed by atoms with E-state index < -0.39 is 0 Å². The van der Waals surface area contributed by atoms with E-state index in [9.17, 15) is 10.5 Å². The summed E-state index contributed by atoms with van der Waals surface area (Å²) in [4.78, 5) is 0. The Morgan fingerprint density at radius 1 is 0.913 bits per heavy atom. The molecule has 1 heterocycles. The number of aryl methyl sites for hydroxylation is 2. The third-order valence-corrected chi connectivity index (χ3v) is 3.89. The van der Waals surface area contributed by atoms with Crippen LogP contribution in [0.4, 0.5) is 0 Å². The Morgan fingerprint density at radius 3 is 2.26 bits per heavy atom. The van der Waals surface area contributed by atoms with Crippen LogP contribution in [-0.2, 0) is 0 Å². The van der Waals surface area contributed by atoms with Gasteiger partial charge in [0.15, 0.2) is 5.69 Å². The fourth-order valence-corrected chi connectivity index (χ4v) is 2.51. The van der Waals surface area contributed by atoms with Gasteiger partial charge in [-0.2, -0.15) is 15.6 Å². The molecule has 0 saturated heterocycles. The van der Waals surface area contributed by atoms with Crippen molar-refractivity contribution in [3.63, 3.8) is 0 Å². The van der Waals surface area contributed by atoms with Crippen LogP contribution in [0.15, 0.2) is 48.5 Å². The lowest BCUT2D eigenvalue weighted by Crippen LogP contribution is -2.00. The Hall–Kier alpha value is -3.37. The summed E-state index contributed by atoms with van der Waals surface area (Å²) < 4.78 is 1.68. The fourth-order valence-electron chi connectivity index (χ4n) is 2.51. The third-order valence-electron chi connectivity index (χ3n) is 3.89. The van der Waals surface area contributed by atoms with Crippen LogP contribution >= 0.6 is 0 Å². The topological polar surface area (TPSA) is 65.4 Å². The van der Waals surface area contributed by atoms with E-state index in [2.05, 4.69) is 11.2 Å². The predicted molar refractivity (Wildman–Crippen MR) is 87.9 cm³/mol. The van der Waals surface area contributed by atoms with Gasteiger partial charge in [0.25, 0.3) is 0 Å². The van der Waals surface area contributed by atoms with Gasteiger partial charge in [-0.3, -0.25) is 0 Å². The average molecular weight is 298 g/mol. The number of benzene rings is 2. The van der Waals surface area contributed by atoms with Gasteiger partial charge in [0.2, 0.25) is 0 Å². The standard InChI is InChI=1S/C19H14N4/c1-13-8-9-16(10-14(13)2)23-19(15-6-4-3-5-7-15)17(11-20)18(12-21)22-23/h3-10H,1-2H3. The van der Waals surface area contributed by atoms with Crippen LogP contribution in [0.3, 0.4) is 0 Å². The van der Waals surface area contributed by atoms with Crippen molar-refractivity contribution < 1.29 is 0 Å². The lowest BCUT2D eigenvalue weighted by molar-refractivity contribution is 0.878. The van der Waals surface area contributed by atoms with Crippen molar-refractivity contribution in [3.05, 3.63) is 70.9 Å². The molecule has 0 atom stereocenters. The largest absolute Gasteiger partial charge is 0.230 e. The molecule has 0 bridgehead atoms. The van der Waals surface area contributed by atoms with Gasteiger partial charge in [-0.1, -0.05) is 36.4 Å². The Morgan fingerprint density at radius 2 is 1.65 bits per heavy atom. The molecule has 0 fully saturated rings. The van der Waals surface area contributed by atoms with Crippen molar-refractivity contribution in [2.24, 2.45) is 0 Å². The van der Waals surface area contributed by atoms with Crippen molar-refractivity contribution in [1.82, 2.24) is 9.78 Å². The van der Waals surface area contributed by atoms with E-state index in [0.29, 0.717) is 11.3 Å². The maximum absolute atomic E-state index is 9.50. The summed E-state index contributed by atoms with van der Waals surface area (Å²) in [6.07, 6.45) is 0. The molecular formula is C19H14N4. The van der Waals surface area contributed by atoms with E-state index in [4.69, 9.17) is 0 Å². The highest BCUT2D eigenvalue weighted by molar-refractivity contribution is 5.71. The molecule has 0 aliphatic heterocycles. The molecule has 0 aliphatic carbocycles. The lowest BCUT2D eigenvalue weighted by Gasteiger charge is -2.10. The molecule has 3 rings (SSSR count). The molecule has 4 heteroatoms. The third kappa shape index (κ3) is 2.47. The zero-order valence-electron chi connectivity index (χ0n) is 12.9. The summed E-state index contributed by atoms with van der Waals surface area (Å²) in [7, 11) is 0.